The molecule has 0 saturated heterocycles. The van der Waals surface area contributed by atoms with Gasteiger partial charge in [-0.3, -0.25) is 4.79 Å². The smallest absolute Gasteiger partial charge is 0.305 e. The van der Waals surface area contributed by atoms with Crippen LogP contribution in [0.25, 0.3) is 0 Å². The first-order chi connectivity index (χ1) is 15.7. The summed E-state index contributed by atoms with van der Waals surface area (Å²) in [4.78, 5) is 22.8. The van der Waals surface area contributed by atoms with Gasteiger partial charge in [-0.25, -0.2) is 0 Å². The van der Waals surface area contributed by atoms with Crippen LogP contribution in [0.5, 0.6) is 0 Å². The number of halogens is 1. The monoisotopic (exact) mass is 526 g/mol. The highest BCUT2D eigenvalue weighted by Crippen LogP contribution is 2.67. The van der Waals surface area contributed by atoms with Gasteiger partial charge in [-0.15, -0.1) is 0 Å². The lowest BCUT2D eigenvalue weighted by Crippen LogP contribution is -2.59. The van der Waals surface area contributed by atoms with Gasteiger partial charge >= 0.3 is 5.97 Å². The molecular weight excluding hydrogens is 484 g/mol. The molecule has 0 bridgehead atoms. The minimum atomic E-state index is -0.288. The van der Waals surface area contributed by atoms with Gasteiger partial charge in [0.2, 0.25) is 0 Å². The van der Waals surface area contributed by atoms with Crippen molar-refractivity contribution in [3.05, 3.63) is 0 Å². The van der Waals surface area contributed by atoms with E-state index in [1.54, 1.807) is 0 Å². The zero-order valence-electron chi connectivity index (χ0n) is 20.6. The minimum Gasteiger partial charge on any atom is -0.461 e. The van der Waals surface area contributed by atoms with Gasteiger partial charge in [-0.1, -0.05) is 36.7 Å². The van der Waals surface area contributed by atoms with E-state index in [-0.39, 0.29) is 45.9 Å². The van der Waals surface area contributed by atoms with Gasteiger partial charge in [0.1, 0.15) is 12.4 Å². The number of esters is 1. The molecule has 0 heterocycles. The normalized spacial score (nSPS) is 46.7. The average Bonchev–Trinajstić information content (AvgIpc) is 3.04. The van der Waals surface area contributed by atoms with Gasteiger partial charge in [-0.05, 0) is 86.9 Å². The van der Waals surface area contributed by atoms with Gasteiger partial charge < -0.3 is 19.4 Å². The number of carbonyl (C=O) groups excluding carboxylic acids is 2. The van der Waals surface area contributed by atoms with E-state index in [1.807, 2.05) is 6.92 Å². The molecule has 0 amide bonds. The number of aliphatic hydroxyl groups excluding tert-OH is 1. The van der Waals surface area contributed by atoms with Crippen molar-refractivity contribution in [2.75, 3.05) is 6.61 Å². The van der Waals surface area contributed by atoms with Crippen LogP contribution in [-0.4, -0.2) is 47.1 Å². The number of alkyl halides is 1. The van der Waals surface area contributed by atoms with E-state index >= 15 is 0 Å². The number of rotatable bonds is 8. The number of aldehydes is 1. The number of ether oxygens (including phenoxy) is 2. The summed E-state index contributed by atoms with van der Waals surface area (Å²) in [5, 5.41) is 11.5. The Labute approximate surface area is 207 Å². The summed E-state index contributed by atoms with van der Waals surface area (Å²) < 4.78 is 12.2. The van der Waals surface area contributed by atoms with Crippen LogP contribution in [0, 0.1) is 34.5 Å². The number of unbranched alkanes of at least 4 members (excludes halogenated alkanes) is 2. The molecule has 10 atom stereocenters. The van der Waals surface area contributed by atoms with Crippen LogP contribution in [-0.2, 0) is 19.1 Å². The lowest BCUT2D eigenvalue weighted by Gasteiger charge is -2.62. The second-order valence-corrected chi connectivity index (χ2v) is 13.0. The predicted octanol–water partition coefficient (Wildman–Crippen LogP) is 5.45. The van der Waals surface area contributed by atoms with Crippen molar-refractivity contribution >= 4 is 28.2 Å². The Morgan fingerprint density at radius 1 is 1.09 bits per heavy atom. The Balaban J connectivity index is 1.45. The third kappa shape index (κ3) is 4.70. The second-order valence-electron chi connectivity index (χ2n) is 11.8. The molecule has 33 heavy (non-hydrogen) atoms. The van der Waals surface area contributed by atoms with Gasteiger partial charge in [0.05, 0.1) is 17.0 Å². The van der Waals surface area contributed by atoms with Crippen molar-refractivity contribution in [3.8, 4) is 0 Å². The lowest BCUT2D eigenvalue weighted by atomic mass is 9.44. The lowest BCUT2D eigenvalue weighted by molar-refractivity contribution is -0.187. The van der Waals surface area contributed by atoms with Crippen LogP contribution < -0.4 is 0 Å². The maximum Gasteiger partial charge on any atom is 0.305 e. The second kappa shape index (κ2) is 10.3. The van der Waals surface area contributed by atoms with Crippen molar-refractivity contribution in [1.29, 1.82) is 0 Å². The van der Waals surface area contributed by atoms with E-state index in [9.17, 15) is 14.7 Å². The molecule has 0 aromatic carbocycles. The van der Waals surface area contributed by atoms with Crippen LogP contribution in [0.2, 0.25) is 0 Å². The van der Waals surface area contributed by atoms with Crippen molar-refractivity contribution < 1.29 is 24.2 Å². The van der Waals surface area contributed by atoms with Gasteiger partial charge in [0, 0.05) is 24.9 Å². The first-order valence-corrected chi connectivity index (χ1v) is 14.2. The van der Waals surface area contributed by atoms with Crippen LogP contribution >= 0.6 is 15.9 Å². The summed E-state index contributed by atoms with van der Waals surface area (Å²) in [6.07, 6.45) is 11.1. The summed E-state index contributed by atoms with van der Waals surface area (Å²) >= 11 is 3.86. The quantitative estimate of drug-likeness (QED) is 0.197. The van der Waals surface area contributed by atoms with Crippen LogP contribution in [0.15, 0.2) is 0 Å². The molecule has 188 valence electrons. The van der Waals surface area contributed by atoms with Gasteiger partial charge in [0.15, 0.2) is 0 Å². The Morgan fingerprint density at radius 2 is 1.85 bits per heavy atom. The molecule has 6 heteroatoms. The minimum absolute atomic E-state index is 0.0633. The SMILES string of the molecule is CCC(=O)O[C@H]1[C@H](Br)CC2C3C(O)CC4C[C@@H](OCCCCC=O)CC[C@]4(C)C3CC[C@@]21C. The first kappa shape index (κ1) is 25.6. The number of carbonyl (C=O) groups is 2. The highest BCUT2D eigenvalue weighted by Gasteiger charge is 2.65. The molecular formula is C27H43BrO5. The predicted molar refractivity (Wildman–Crippen MR) is 131 cm³/mol. The zero-order chi connectivity index (χ0) is 23.8. The standard InChI is InChI=1S/C27H43BrO5/c1-4-23(31)33-25-21(28)16-20-24-19(9-11-27(20,25)3)26(2)10-8-18(14-17(26)15-22(24)30)32-13-7-5-6-12-29/h12,17-22,24-25,30H,4-11,13-16H2,1-3H3/t17?,18-,19?,20?,21+,22?,24?,25-,26-,27-/m0/s1. The summed E-state index contributed by atoms with van der Waals surface area (Å²) in [5.41, 5.74) is 0.189. The zero-order valence-corrected chi connectivity index (χ0v) is 22.2. The average molecular weight is 528 g/mol. The highest BCUT2D eigenvalue weighted by atomic mass is 79.9. The molecule has 5 nitrogen and oxygen atoms in total. The summed E-state index contributed by atoms with van der Waals surface area (Å²) in [6.45, 7) is 7.38. The van der Waals surface area contributed by atoms with E-state index in [4.69, 9.17) is 9.47 Å². The largest absolute Gasteiger partial charge is 0.461 e. The Hall–Kier alpha value is -0.460. The number of hydrogen-bond donors (Lipinski definition) is 1. The summed E-state index contributed by atoms with van der Waals surface area (Å²) in [5.74, 6) is 1.58. The number of fused-ring (bicyclic) bond motifs is 5. The van der Waals surface area contributed by atoms with Crippen molar-refractivity contribution in [2.45, 2.75) is 115 Å². The Morgan fingerprint density at radius 3 is 2.58 bits per heavy atom. The molecule has 0 aromatic heterocycles. The van der Waals surface area contributed by atoms with Crippen LogP contribution in [0.1, 0.15) is 91.4 Å². The fourth-order valence-electron chi connectivity index (χ4n) is 8.28. The maximum atomic E-state index is 12.2. The fourth-order valence-corrected chi connectivity index (χ4v) is 9.39. The Kier molecular flexibility index (Phi) is 7.97. The molecule has 1 N–H and O–H groups in total. The molecule has 4 fully saturated rings. The van der Waals surface area contributed by atoms with E-state index < -0.39 is 0 Å². The molecule has 4 aliphatic rings. The van der Waals surface area contributed by atoms with Crippen LogP contribution in [0.3, 0.4) is 0 Å². The van der Waals surface area contributed by atoms with Gasteiger partial charge in [0.25, 0.3) is 0 Å². The molecule has 0 spiro atoms. The fraction of sp³-hybridized carbons (Fsp3) is 0.926. The summed E-state index contributed by atoms with van der Waals surface area (Å²) in [6, 6.07) is 0. The molecule has 0 aromatic rings. The van der Waals surface area contributed by atoms with Crippen molar-refractivity contribution in [1.82, 2.24) is 0 Å². The topological polar surface area (TPSA) is 72.8 Å². The molecule has 5 unspecified atom stereocenters. The molecule has 4 saturated carbocycles. The highest BCUT2D eigenvalue weighted by molar-refractivity contribution is 9.09. The Bertz CT molecular complexity index is 715. The van der Waals surface area contributed by atoms with Crippen molar-refractivity contribution in [2.24, 2.45) is 34.5 Å². The third-order valence-corrected chi connectivity index (χ3v) is 11.0. The molecule has 0 radical (unpaired) electrons. The molecule has 4 aliphatic carbocycles. The van der Waals surface area contributed by atoms with Crippen molar-refractivity contribution in [3.63, 3.8) is 0 Å². The maximum absolute atomic E-state index is 12.2. The number of hydrogen-bond acceptors (Lipinski definition) is 5. The van der Waals surface area contributed by atoms with E-state index in [1.165, 1.54) is 6.42 Å². The summed E-state index contributed by atoms with van der Waals surface area (Å²) in [7, 11) is 0. The van der Waals surface area contributed by atoms with E-state index in [0.29, 0.717) is 30.6 Å². The van der Waals surface area contributed by atoms with Crippen LogP contribution in [0.4, 0.5) is 0 Å². The number of aliphatic hydroxyl groups is 1. The molecule has 4 rings (SSSR count). The van der Waals surface area contributed by atoms with E-state index in [2.05, 4.69) is 29.8 Å². The third-order valence-electron chi connectivity index (χ3n) is 10.1. The molecule has 0 aliphatic heterocycles. The van der Waals surface area contributed by atoms with Gasteiger partial charge in [-0.2, -0.15) is 0 Å². The van der Waals surface area contributed by atoms with E-state index in [0.717, 1.165) is 64.3 Å². The first-order valence-electron chi connectivity index (χ1n) is 13.3.